The number of carbonyl (C=O) groups is 5. The molecule has 5 atom stereocenters. The highest BCUT2D eigenvalue weighted by molar-refractivity contribution is 5.94. The van der Waals surface area contributed by atoms with Gasteiger partial charge in [0.1, 0.15) is 23.9 Å². The largest absolute Gasteiger partial charge is 0.508 e. The molecule has 1 aromatic carbocycles. The maximum Gasteiger partial charge on any atom is 0.326 e. The zero-order valence-electron chi connectivity index (χ0n) is 21.1. The van der Waals surface area contributed by atoms with Gasteiger partial charge in [0.25, 0.3) is 0 Å². The van der Waals surface area contributed by atoms with Crippen LogP contribution in [0.15, 0.2) is 24.3 Å². The van der Waals surface area contributed by atoms with Crippen LogP contribution in [-0.4, -0.2) is 80.6 Å². The number of aliphatic carboxylic acids is 2. The van der Waals surface area contributed by atoms with Gasteiger partial charge in [-0.3, -0.25) is 19.2 Å². The van der Waals surface area contributed by atoms with Gasteiger partial charge in [-0.15, -0.1) is 0 Å². The van der Waals surface area contributed by atoms with Crippen molar-refractivity contribution in [2.45, 2.75) is 76.5 Å². The van der Waals surface area contributed by atoms with Crippen LogP contribution < -0.4 is 16.4 Å². The van der Waals surface area contributed by atoms with Gasteiger partial charge in [-0.25, -0.2) is 4.79 Å². The van der Waals surface area contributed by atoms with E-state index in [1.807, 2.05) is 13.8 Å². The Labute approximate surface area is 215 Å². The fourth-order valence-electron chi connectivity index (χ4n) is 4.14. The van der Waals surface area contributed by atoms with E-state index in [1.54, 1.807) is 0 Å². The Morgan fingerprint density at radius 1 is 1.08 bits per heavy atom. The normalized spacial score (nSPS) is 18.4. The van der Waals surface area contributed by atoms with E-state index in [2.05, 4.69) is 10.6 Å². The summed E-state index contributed by atoms with van der Waals surface area (Å²) in [5.74, 6) is -4.45. The van der Waals surface area contributed by atoms with Crippen molar-refractivity contribution in [2.75, 3.05) is 6.54 Å². The summed E-state index contributed by atoms with van der Waals surface area (Å²) in [6.07, 6.45) is 0.794. The quantitative estimate of drug-likeness (QED) is 0.210. The van der Waals surface area contributed by atoms with Gasteiger partial charge in [0.05, 0.1) is 6.04 Å². The molecule has 0 spiro atoms. The molecule has 12 heteroatoms. The van der Waals surface area contributed by atoms with E-state index < -0.39 is 54.3 Å². The molecular formula is C25H36N4O8. The molecule has 12 nitrogen and oxygen atoms in total. The van der Waals surface area contributed by atoms with Gasteiger partial charge >= 0.3 is 11.9 Å². The topological polar surface area (TPSA) is 199 Å². The molecular weight excluding hydrogens is 484 g/mol. The van der Waals surface area contributed by atoms with Crippen molar-refractivity contribution < 1.29 is 39.3 Å². The lowest BCUT2D eigenvalue weighted by Crippen LogP contribution is -2.57. The van der Waals surface area contributed by atoms with Crippen LogP contribution in [0.3, 0.4) is 0 Å². The smallest absolute Gasteiger partial charge is 0.326 e. The number of nitrogens with zero attached hydrogens (tertiary/aromatic N) is 1. The minimum atomic E-state index is -1.36. The van der Waals surface area contributed by atoms with Crippen LogP contribution >= 0.6 is 0 Å². The fraction of sp³-hybridized carbons (Fsp3) is 0.560. The molecule has 0 radical (unpaired) electrons. The molecule has 1 saturated heterocycles. The van der Waals surface area contributed by atoms with E-state index in [-0.39, 0.29) is 30.4 Å². The summed E-state index contributed by atoms with van der Waals surface area (Å²) in [7, 11) is 0. The monoisotopic (exact) mass is 520 g/mol. The Kier molecular flexibility index (Phi) is 10.9. The summed E-state index contributed by atoms with van der Waals surface area (Å²) in [6.45, 7) is 4.08. The molecule has 3 amide bonds. The molecule has 0 saturated carbocycles. The number of hydrogen-bond acceptors (Lipinski definition) is 7. The molecule has 204 valence electrons. The first-order valence-corrected chi connectivity index (χ1v) is 12.3. The highest BCUT2D eigenvalue weighted by Crippen LogP contribution is 2.21. The SMILES string of the molecule is CCC(C)C(N)C(=O)N1CCCC1C(=O)NC(CCC(=O)O)C(=O)NC(Cc1ccc(O)cc1)C(=O)O. The Hall–Kier alpha value is -3.67. The second-order valence-corrected chi connectivity index (χ2v) is 9.36. The molecule has 2 rings (SSSR count). The summed E-state index contributed by atoms with van der Waals surface area (Å²) < 4.78 is 0. The van der Waals surface area contributed by atoms with E-state index in [4.69, 9.17) is 10.8 Å². The second kappa shape index (κ2) is 13.6. The average Bonchev–Trinajstić information content (AvgIpc) is 3.35. The molecule has 0 aromatic heterocycles. The van der Waals surface area contributed by atoms with Gasteiger partial charge < -0.3 is 36.6 Å². The van der Waals surface area contributed by atoms with E-state index in [9.17, 15) is 34.2 Å². The standard InChI is InChI=1S/C25H36N4O8/c1-3-14(2)21(26)24(35)29-12-4-5-19(29)23(34)27-17(10-11-20(31)32)22(33)28-18(25(36)37)13-15-6-8-16(30)9-7-15/h6-9,14,17-19,21,30H,3-5,10-13,26H2,1-2H3,(H,27,34)(H,28,33)(H,31,32)(H,36,37). The fourth-order valence-corrected chi connectivity index (χ4v) is 4.14. The number of benzene rings is 1. The molecule has 0 bridgehead atoms. The van der Waals surface area contributed by atoms with E-state index in [0.29, 0.717) is 31.4 Å². The maximum atomic E-state index is 13.1. The summed E-state index contributed by atoms with van der Waals surface area (Å²) in [6, 6.07) is 1.45. The molecule has 0 aliphatic carbocycles. The van der Waals surface area contributed by atoms with Gasteiger partial charge in [0.15, 0.2) is 0 Å². The molecule has 7 N–H and O–H groups in total. The van der Waals surface area contributed by atoms with Crippen LogP contribution in [0.25, 0.3) is 0 Å². The van der Waals surface area contributed by atoms with Crippen molar-refractivity contribution >= 4 is 29.7 Å². The number of rotatable bonds is 13. The van der Waals surface area contributed by atoms with Crippen LogP contribution in [0.5, 0.6) is 5.75 Å². The Morgan fingerprint density at radius 3 is 2.30 bits per heavy atom. The first-order valence-electron chi connectivity index (χ1n) is 12.3. The Morgan fingerprint density at radius 2 is 1.73 bits per heavy atom. The maximum absolute atomic E-state index is 13.1. The van der Waals surface area contributed by atoms with Crippen molar-refractivity contribution in [2.24, 2.45) is 11.7 Å². The summed E-state index contributed by atoms with van der Waals surface area (Å²) in [4.78, 5) is 63.3. The van der Waals surface area contributed by atoms with Crippen LogP contribution in [0, 0.1) is 5.92 Å². The van der Waals surface area contributed by atoms with Crippen molar-refractivity contribution in [3.05, 3.63) is 29.8 Å². The number of phenolic OH excluding ortho intramolecular Hbond substituents is 1. The molecule has 1 heterocycles. The predicted molar refractivity (Wildman–Crippen MR) is 132 cm³/mol. The molecule has 1 fully saturated rings. The molecule has 5 unspecified atom stereocenters. The highest BCUT2D eigenvalue weighted by atomic mass is 16.4. The van der Waals surface area contributed by atoms with E-state index in [1.165, 1.54) is 29.2 Å². The second-order valence-electron chi connectivity index (χ2n) is 9.36. The van der Waals surface area contributed by atoms with E-state index in [0.717, 1.165) is 0 Å². The zero-order valence-corrected chi connectivity index (χ0v) is 21.1. The molecule has 1 aromatic rings. The lowest BCUT2D eigenvalue weighted by atomic mass is 9.98. The highest BCUT2D eigenvalue weighted by Gasteiger charge is 2.38. The number of carboxylic acids is 2. The number of carboxylic acid groups (broad SMARTS) is 2. The Balaban J connectivity index is 2.14. The lowest BCUT2D eigenvalue weighted by molar-refractivity contribution is -0.143. The number of nitrogens with one attached hydrogen (secondary N) is 2. The third-order valence-corrected chi connectivity index (χ3v) is 6.65. The van der Waals surface area contributed by atoms with Crippen LogP contribution in [-0.2, 0) is 30.4 Å². The minimum Gasteiger partial charge on any atom is -0.508 e. The summed E-state index contributed by atoms with van der Waals surface area (Å²) in [5.41, 5.74) is 6.61. The van der Waals surface area contributed by atoms with Crippen LogP contribution in [0.2, 0.25) is 0 Å². The third kappa shape index (κ3) is 8.45. The lowest BCUT2D eigenvalue weighted by Gasteiger charge is -2.30. The summed E-state index contributed by atoms with van der Waals surface area (Å²) in [5, 5.41) is 33.0. The molecule has 1 aliphatic heterocycles. The van der Waals surface area contributed by atoms with Gasteiger partial charge in [0, 0.05) is 19.4 Å². The van der Waals surface area contributed by atoms with Crippen molar-refractivity contribution in [3.8, 4) is 5.75 Å². The molecule has 1 aliphatic rings. The summed E-state index contributed by atoms with van der Waals surface area (Å²) >= 11 is 0. The third-order valence-electron chi connectivity index (χ3n) is 6.65. The number of carbonyl (C=O) groups excluding carboxylic acids is 3. The minimum absolute atomic E-state index is 0.000605. The van der Waals surface area contributed by atoms with E-state index >= 15 is 0 Å². The number of aromatic hydroxyl groups is 1. The van der Waals surface area contributed by atoms with Crippen LogP contribution in [0.1, 0.15) is 51.5 Å². The number of likely N-dealkylation sites (tertiary alicyclic amines) is 1. The first kappa shape index (κ1) is 29.6. The van der Waals surface area contributed by atoms with Crippen LogP contribution in [0.4, 0.5) is 0 Å². The number of amides is 3. The average molecular weight is 521 g/mol. The van der Waals surface area contributed by atoms with Gasteiger partial charge in [-0.2, -0.15) is 0 Å². The number of nitrogens with two attached hydrogens (primary N) is 1. The zero-order chi connectivity index (χ0) is 27.7. The number of hydrogen-bond donors (Lipinski definition) is 6. The van der Waals surface area contributed by atoms with Crippen molar-refractivity contribution in [1.82, 2.24) is 15.5 Å². The Bertz CT molecular complexity index is 983. The van der Waals surface area contributed by atoms with Gasteiger partial charge in [0.2, 0.25) is 17.7 Å². The predicted octanol–water partition coefficient (Wildman–Crippen LogP) is 0.218. The van der Waals surface area contributed by atoms with Crippen molar-refractivity contribution in [3.63, 3.8) is 0 Å². The number of phenols is 1. The van der Waals surface area contributed by atoms with Gasteiger partial charge in [-0.05, 0) is 42.9 Å². The first-order chi connectivity index (χ1) is 17.4. The van der Waals surface area contributed by atoms with Gasteiger partial charge in [-0.1, -0.05) is 32.4 Å². The van der Waals surface area contributed by atoms with Crippen molar-refractivity contribution in [1.29, 1.82) is 0 Å². The molecule has 37 heavy (non-hydrogen) atoms.